The van der Waals surface area contributed by atoms with Gasteiger partial charge in [-0.1, -0.05) is 42.5 Å². The third kappa shape index (κ3) is 2.76. The van der Waals surface area contributed by atoms with Gasteiger partial charge >= 0.3 is 0 Å². The molecule has 0 radical (unpaired) electrons. The second kappa shape index (κ2) is 6.61. The highest BCUT2D eigenvalue weighted by atomic mass is 32.1. The molecule has 6 nitrogen and oxygen atoms in total. The van der Waals surface area contributed by atoms with Crippen LogP contribution in [-0.2, 0) is 4.79 Å². The summed E-state index contributed by atoms with van der Waals surface area (Å²) in [7, 11) is 0. The maximum atomic E-state index is 11.8. The summed E-state index contributed by atoms with van der Waals surface area (Å²) in [6.07, 6.45) is 0.812. The summed E-state index contributed by atoms with van der Waals surface area (Å²) in [6, 6.07) is 19.9. The largest absolute Gasteiger partial charge is 0.477 e. The second-order valence-corrected chi connectivity index (χ2v) is 7.51. The van der Waals surface area contributed by atoms with Crippen LogP contribution in [0.2, 0.25) is 0 Å². The fourth-order valence-electron chi connectivity index (χ4n) is 3.39. The number of carbonyl (C=O) groups excluding carboxylic acids is 1. The second-order valence-electron chi connectivity index (χ2n) is 6.48. The molecule has 2 aromatic carbocycles. The van der Waals surface area contributed by atoms with E-state index in [4.69, 9.17) is 10.5 Å². The van der Waals surface area contributed by atoms with Crippen molar-refractivity contribution in [3.8, 4) is 16.2 Å². The first-order valence-electron chi connectivity index (χ1n) is 8.83. The number of thiophene rings is 1. The van der Waals surface area contributed by atoms with Crippen LogP contribution in [0.15, 0.2) is 67.0 Å². The van der Waals surface area contributed by atoms with Gasteiger partial charge in [0.15, 0.2) is 6.10 Å². The molecule has 7 heteroatoms. The Kier molecular flexibility index (Phi) is 3.95. The predicted octanol–water partition coefficient (Wildman–Crippen LogP) is 3.74. The van der Waals surface area contributed by atoms with Crippen molar-refractivity contribution in [2.45, 2.75) is 6.10 Å². The van der Waals surface area contributed by atoms with Crippen LogP contribution < -0.4 is 15.4 Å². The minimum absolute atomic E-state index is 0.301. The minimum Gasteiger partial charge on any atom is -0.477 e. The van der Waals surface area contributed by atoms with Crippen molar-refractivity contribution in [2.75, 3.05) is 11.4 Å². The van der Waals surface area contributed by atoms with Crippen molar-refractivity contribution in [3.63, 3.8) is 0 Å². The molecule has 0 unspecified atom stereocenters. The van der Waals surface area contributed by atoms with Crippen LogP contribution in [0, 0.1) is 0 Å². The van der Waals surface area contributed by atoms with Crippen molar-refractivity contribution in [2.24, 2.45) is 5.73 Å². The highest BCUT2D eigenvalue weighted by Crippen LogP contribution is 2.42. The average Bonchev–Trinajstić information content (AvgIpc) is 3.18. The van der Waals surface area contributed by atoms with E-state index in [1.807, 2.05) is 47.4 Å². The summed E-state index contributed by atoms with van der Waals surface area (Å²) >= 11 is 1.62. The lowest BCUT2D eigenvalue weighted by atomic mass is 10.1. The van der Waals surface area contributed by atoms with Gasteiger partial charge in [-0.2, -0.15) is 0 Å². The Balaban J connectivity index is 1.66. The number of nitrogens with zero attached hydrogens (tertiary/aromatic N) is 3. The Morgan fingerprint density at radius 3 is 2.71 bits per heavy atom. The SMILES string of the molecule is NC(=O)[C@@H]1CN(c2ncnc3sc(-c4ccccc4)cc23)c2ccccc2O1. The van der Waals surface area contributed by atoms with Crippen molar-refractivity contribution < 1.29 is 9.53 Å². The van der Waals surface area contributed by atoms with Gasteiger partial charge in [-0.3, -0.25) is 4.79 Å². The van der Waals surface area contributed by atoms with E-state index in [0.29, 0.717) is 12.3 Å². The Morgan fingerprint density at radius 2 is 1.89 bits per heavy atom. The summed E-state index contributed by atoms with van der Waals surface area (Å²) in [5.41, 5.74) is 7.52. The number of para-hydroxylation sites is 2. The summed E-state index contributed by atoms with van der Waals surface area (Å²) in [6.45, 7) is 0.301. The molecule has 0 bridgehead atoms. The number of primary amides is 1. The zero-order chi connectivity index (χ0) is 19.1. The van der Waals surface area contributed by atoms with Gasteiger partial charge in [0.2, 0.25) is 0 Å². The summed E-state index contributed by atoms with van der Waals surface area (Å²) in [5.74, 6) is 0.855. The van der Waals surface area contributed by atoms with Gasteiger partial charge in [0.1, 0.15) is 22.7 Å². The molecular weight excluding hydrogens is 372 g/mol. The molecular formula is C21H16N4O2S. The smallest absolute Gasteiger partial charge is 0.260 e. The fraction of sp³-hybridized carbons (Fsp3) is 0.0952. The lowest BCUT2D eigenvalue weighted by molar-refractivity contribution is -0.124. The van der Waals surface area contributed by atoms with E-state index < -0.39 is 12.0 Å². The summed E-state index contributed by atoms with van der Waals surface area (Å²) in [4.78, 5) is 24.8. The average molecular weight is 388 g/mol. The van der Waals surface area contributed by atoms with Gasteiger partial charge in [-0.05, 0) is 23.8 Å². The number of aromatic nitrogens is 2. The molecule has 2 N–H and O–H groups in total. The van der Waals surface area contributed by atoms with Gasteiger partial charge in [-0.15, -0.1) is 11.3 Å². The zero-order valence-electron chi connectivity index (χ0n) is 14.8. The van der Waals surface area contributed by atoms with Crippen LogP contribution in [0.25, 0.3) is 20.7 Å². The quantitative estimate of drug-likeness (QED) is 0.578. The molecule has 5 rings (SSSR count). The molecule has 1 atom stereocenters. The number of hydrogen-bond acceptors (Lipinski definition) is 6. The summed E-state index contributed by atoms with van der Waals surface area (Å²) < 4.78 is 5.77. The van der Waals surface area contributed by atoms with Crippen LogP contribution >= 0.6 is 11.3 Å². The molecule has 1 amide bonds. The van der Waals surface area contributed by atoms with E-state index in [0.717, 1.165) is 32.2 Å². The Hall–Kier alpha value is -3.45. The molecule has 2 aromatic heterocycles. The zero-order valence-corrected chi connectivity index (χ0v) is 15.6. The Morgan fingerprint density at radius 1 is 1.11 bits per heavy atom. The lowest BCUT2D eigenvalue weighted by Crippen LogP contribution is -2.45. The first-order chi connectivity index (χ1) is 13.7. The monoisotopic (exact) mass is 388 g/mol. The van der Waals surface area contributed by atoms with Crippen molar-refractivity contribution in [1.82, 2.24) is 9.97 Å². The van der Waals surface area contributed by atoms with Crippen molar-refractivity contribution >= 4 is 39.0 Å². The van der Waals surface area contributed by atoms with Crippen molar-refractivity contribution in [3.05, 3.63) is 67.0 Å². The number of rotatable bonds is 3. The lowest BCUT2D eigenvalue weighted by Gasteiger charge is -2.34. The van der Waals surface area contributed by atoms with Gasteiger partial charge in [0.25, 0.3) is 5.91 Å². The molecule has 0 saturated carbocycles. The van der Waals surface area contributed by atoms with Crippen LogP contribution in [0.1, 0.15) is 0 Å². The van der Waals surface area contributed by atoms with Gasteiger partial charge < -0.3 is 15.4 Å². The Bertz CT molecular complexity index is 1180. The number of hydrogen-bond donors (Lipinski definition) is 1. The third-order valence-corrected chi connectivity index (χ3v) is 5.81. The number of amides is 1. The molecule has 1 aliphatic heterocycles. The molecule has 4 aromatic rings. The minimum atomic E-state index is -0.743. The van der Waals surface area contributed by atoms with E-state index in [1.165, 1.54) is 0 Å². The molecule has 3 heterocycles. The summed E-state index contributed by atoms with van der Waals surface area (Å²) in [5, 5.41) is 0.936. The highest BCUT2D eigenvalue weighted by molar-refractivity contribution is 7.21. The molecule has 0 saturated heterocycles. The van der Waals surface area contributed by atoms with E-state index in [-0.39, 0.29) is 0 Å². The molecule has 138 valence electrons. The van der Waals surface area contributed by atoms with Gasteiger partial charge in [0.05, 0.1) is 17.6 Å². The van der Waals surface area contributed by atoms with Crippen LogP contribution in [0.4, 0.5) is 11.5 Å². The Labute approximate surface area is 165 Å². The maximum absolute atomic E-state index is 11.8. The fourth-order valence-corrected chi connectivity index (χ4v) is 4.38. The van der Waals surface area contributed by atoms with Gasteiger partial charge in [-0.25, -0.2) is 9.97 Å². The highest BCUT2D eigenvalue weighted by Gasteiger charge is 2.31. The first kappa shape index (κ1) is 16.7. The maximum Gasteiger partial charge on any atom is 0.260 e. The normalized spacial score (nSPS) is 15.9. The number of nitrogens with two attached hydrogens (primary N) is 1. The van der Waals surface area contributed by atoms with E-state index >= 15 is 0 Å². The molecule has 1 aliphatic rings. The van der Waals surface area contributed by atoms with E-state index in [2.05, 4.69) is 28.2 Å². The van der Waals surface area contributed by atoms with Crippen LogP contribution in [0.5, 0.6) is 5.75 Å². The van der Waals surface area contributed by atoms with E-state index in [1.54, 1.807) is 17.7 Å². The van der Waals surface area contributed by atoms with Gasteiger partial charge in [0, 0.05) is 4.88 Å². The van der Waals surface area contributed by atoms with Crippen molar-refractivity contribution in [1.29, 1.82) is 0 Å². The number of benzene rings is 2. The molecule has 0 fully saturated rings. The first-order valence-corrected chi connectivity index (χ1v) is 9.65. The number of ether oxygens (including phenoxy) is 1. The number of fused-ring (bicyclic) bond motifs is 2. The third-order valence-electron chi connectivity index (χ3n) is 4.71. The predicted molar refractivity (Wildman–Crippen MR) is 110 cm³/mol. The standard InChI is InChI=1S/C21H16N4O2S/c22-19(26)17-11-25(15-8-4-5-9-16(15)27-17)20-14-10-18(13-6-2-1-3-7-13)28-21(14)24-12-23-20/h1-10,12,17H,11H2,(H2,22,26)/t17-/m0/s1. The number of anilines is 2. The van der Waals surface area contributed by atoms with Crippen LogP contribution in [0.3, 0.4) is 0 Å². The molecule has 0 spiro atoms. The number of carbonyl (C=O) groups is 1. The topological polar surface area (TPSA) is 81.3 Å². The molecule has 0 aliphatic carbocycles. The van der Waals surface area contributed by atoms with E-state index in [9.17, 15) is 4.79 Å². The molecule has 28 heavy (non-hydrogen) atoms. The van der Waals surface area contributed by atoms with Crippen LogP contribution in [-0.4, -0.2) is 28.5 Å².